The zero-order chi connectivity index (χ0) is 30.0. The second-order valence-corrected chi connectivity index (χ2v) is 10.7. The number of alkyl carbamates (subject to hydrolysis) is 1. The third-order valence-corrected chi connectivity index (χ3v) is 5.84. The van der Waals surface area contributed by atoms with Crippen molar-refractivity contribution in [2.75, 3.05) is 26.3 Å². The molecule has 0 saturated carbocycles. The first kappa shape index (κ1) is 34.8. The molecular formula is C29H35Cl3N4O6. The van der Waals surface area contributed by atoms with Crippen LogP contribution in [-0.2, 0) is 4.74 Å². The molecular weight excluding hydrogens is 607 g/mol. The first-order valence-electron chi connectivity index (χ1n) is 12.9. The van der Waals surface area contributed by atoms with Crippen LogP contribution in [0.2, 0.25) is 10.0 Å². The van der Waals surface area contributed by atoms with Crippen molar-refractivity contribution in [3.05, 3.63) is 69.7 Å². The highest BCUT2D eigenvalue weighted by Gasteiger charge is 2.17. The molecule has 2 aromatic heterocycles. The molecule has 0 fully saturated rings. The number of nitrogens with one attached hydrogen (secondary N) is 1. The van der Waals surface area contributed by atoms with Gasteiger partial charge < -0.3 is 34.3 Å². The lowest BCUT2D eigenvalue weighted by molar-refractivity contribution is 0.0519. The minimum Gasteiger partial charge on any atom is -0.474 e. The normalized spacial score (nSPS) is 10.7. The molecule has 4 aromatic rings. The van der Waals surface area contributed by atoms with Gasteiger partial charge in [-0.15, -0.1) is 12.4 Å². The summed E-state index contributed by atoms with van der Waals surface area (Å²) in [7, 11) is 0. The lowest BCUT2D eigenvalue weighted by atomic mass is 10.1. The van der Waals surface area contributed by atoms with E-state index in [0.29, 0.717) is 53.0 Å². The minimum atomic E-state index is -0.527. The Kier molecular flexibility index (Phi) is 13.5. The van der Waals surface area contributed by atoms with Crippen LogP contribution in [-0.4, -0.2) is 48.3 Å². The number of nitrogens with two attached hydrogens (primary N) is 1. The molecule has 1 amide bonds. The fourth-order valence-electron chi connectivity index (χ4n) is 3.42. The highest BCUT2D eigenvalue weighted by Crippen LogP contribution is 2.31. The number of halogens is 3. The highest BCUT2D eigenvalue weighted by molar-refractivity contribution is 6.30. The van der Waals surface area contributed by atoms with E-state index in [9.17, 15) is 4.79 Å². The molecule has 0 aliphatic rings. The molecule has 42 heavy (non-hydrogen) atoms. The number of hydrogen-bond donors (Lipinski definition) is 2. The van der Waals surface area contributed by atoms with E-state index in [2.05, 4.69) is 15.6 Å². The number of ether oxygens (including phenoxy) is 3. The maximum atomic E-state index is 11.5. The average molecular weight is 642 g/mol. The summed E-state index contributed by atoms with van der Waals surface area (Å²) in [4.78, 5) is 11.5. The lowest BCUT2D eigenvalue weighted by Gasteiger charge is -2.19. The molecule has 10 nitrogen and oxygen atoms in total. The first-order chi connectivity index (χ1) is 19.5. The van der Waals surface area contributed by atoms with Crippen LogP contribution in [0.3, 0.4) is 0 Å². The number of aromatic nitrogens is 2. The van der Waals surface area contributed by atoms with Crippen LogP contribution in [0.5, 0.6) is 11.8 Å². The summed E-state index contributed by atoms with van der Waals surface area (Å²) in [5.41, 5.74) is 8.27. The van der Waals surface area contributed by atoms with Gasteiger partial charge in [-0.2, -0.15) is 0 Å². The first-order valence-corrected chi connectivity index (χ1v) is 13.6. The number of benzene rings is 2. The van der Waals surface area contributed by atoms with Crippen LogP contribution in [0.1, 0.15) is 31.9 Å². The monoisotopic (exact) mass is 640 g/mol. The third-order valence-electron chi connectivity index (χ3n) is 5.34. The number of nitrogens with zero attached hydrogens (tertiary/aromatic N) is 2. The summed E-state index contributed by atoms with van der Waals surface area (Å²) >= 11 is 11.7. The minimum absolute atomic E-state index is 0. The zero-order valence-corrected chi connectivity index (χ0v) is 26.4. The van der Waals surface area contributed by atoms with Gasteiger partial charge >= 0.3 is 6.09 Å². The van der Waals surface area contributed by atoms with Gasteiger partial charge in [0.15, 0.2) is 11.5 Å². The maximum absolute atomic E-state index is 11.5. The van der Waals surface area contributed by atoms with Gasteiger partial charge in [-0.3, -0.25) is 0 Å². The van der Waals surface area contributed by atoms with Crippen molar-refractivity contribution in [2.24, 2.45) is 5.73 Å². The van der Waals surface area contributed by atoms with Gasteiger partial charge in [0.2, 0.25) is 0 Å². The second kappa shape index (κ2) is 16.3. The fourth-order valence-corrected chi connectivity index (χ4v) is 3.68. The Hall–Kier alpha value is -3.44. The Balaban J connectivity index is 0.000000302. The Morgan fingerprint density at radius 1 is 0.833 bits per heavy atom. The van der Waals surface area contributed by atoms with E-state index in [1.807, 2.05) is 38.1 Å². The maximum Gasteiger partial charge on any atom is 0.407 e. The SMILES string of the molecule is Cc1c(OCCN)noc1-c1ccc(Cl)cc1.Cc1c(OCCNC(=O)OC(C)(C)C)noc1-c1ccc(Cl)cc1.Cl. The predicted octanol–water partition coefficient (Wildman–Crippen LogP) is 7.27. The van der Waals surface area contributed by atoms with Crippen molar-refractivity contribution < 1.29 is 28.1 Å². The fraction of sp³-hybridized carbons (Fsp3) is 0.345. The molecule has 3 N–H and O–H groups in total. The molecule has 0 radical (unpaired) electrons. The molecule has 0 atom stereocenters. The molecule has 2 aromatic carbocycles. The quantitative estimate of drug-likeness (QED) is 0.181. The molecule has 4 rings (SSSR count). The van der Waals surface area contributed by atoms with Crippen molar-refractivity contribution >= 4 is 41.7 Å². The van der Waals surface area contributed by atoms with Crippen molar-refractivity contribution in [3.8, 4) is 34.4 Å². The Morgan fingerprint density at radius 2 is 1.26 bits per heavy atom. The molecule has 0 unspecified atom stereocenters. The van der Waals surface area contributed by atoms with Gasteiger partial charge in [0.05, 0.1) is 17.7 Å². The molecule has 0 aliphatic carbocycles. The lowest BCUT2D eigenvalue weighted by Crippen LogP contribution is -2.34. The summed E-state index contributed by atoms with van der Waals surface area (Å²) in [5.74, 6) is 2.20. The Morgan fingerprint density at radius 3 is 1.67 bits per heavy atom. The van der Waals surface area contributed by atoms with E-state index in [1.165, 1.54) is 0 Å². The number of rotatable bonds is 9. The van der Waals surface area contributed by atoms with Gasteiger partial charge in [-0.05, 0) is 93.5 Å². The summed E-state index contributed by atoms with van der Waals surface area (Å²) in [6, 6.07) is 14.6. The smallest absolute Gasteiger partial charge is 0.407 e. The molecule has 0 bridgehead atoms. The molecule has 0 spiro atoms. The van der Waals surface area contributed by atoms with Gasteiger partial charge in [-0.25, -0.2) is 4.79 Å². The van der Waals surface area contributed by atoms with Crippen LogP contribution >= 0.6 is 35.6 Å². The predicted molar refractivity (Wildman–Crippen MR) is 165 cm³/mol. The topological polar surface area (TPSA) is 135 Å². The van der Waals surface area contributed by atoms with E-state index in [1.54, 1.807) is 45.0 Å². The summed E-state index contributed by atoms with van der Waals surface area (Å²) < 4.78 is 26.6. The van der Waals surface area contributed by atoms with Crippen molar-refractivity contribution in [3.63, 3.8) is 0 Å². The van der Waals surface area contributed by atoms with Crippen molar-refractivity contribution in [1.29, 1.82) is 0 Å². The molecule has 0 aliphatic heterocycles. The Labute approximate surface area is 261 Å². The second-order valence-electron chi connectivity index (χ2n) is 9.81. The van der Waals surface area contributed by atoms with Crippen LogP contribution in [0.4, 0.5) is 4.79 Å². The standard InChI is InChI=1S/C17H21ClN2O4.C12H13ClN2O2.ClH/c1-11-14(12-5-7-13(18)8-6-12)24-20-15(11)22-10-9-19-16(21)23-17(2,3)4;1-8-11(9-2-4-10(13)5-3-9)17-15-12(8)16-7-6-14;/h5-8H,9-10H2,1-4H3,(H,19,21);2-5H,6-7,14H2,1H3;1H. The molecule has 2 heterocycles. The Bertz CT molecular complexity index is 1400. The average Bonchev–Trinajstić information content (AvgIpc) is 3.47. The number of carbonyl (C=O) groups excluding carboxylic acids is 1. The van der Waals surface area contributed by atoms with Gasteiger partial charge in [0, 0.05) is 27.7 Å². The number of carbonyl (C=O) groups is 1. The van der Waals surface area contributed by atoms with E-state index in [-0.39, 0.29) is 19.0 Å². The molecule has 228 valence electrons. The van der Waals surface area contributed by atoms with Gasteiger partial charge in [0.25, 0.3) is 11.8 Å². The largest absolute Gasteiger partial charge is 0.474 e. The summed E-state index contributed by atoms with van der Waals surface area (Å²) in [6.45, 7) is 10.6. The summed E-state index contributed by atoms with van der Waals surface area (Å²) in [6.07, 6.45) is -0.482. The third kappa shape index (κ3) is 10.4. The molecule has 0 saturated heterocycles. The van der Waals surface area contributed by atoms with Gasteiger partial charge in [0.1, 0.15) is 18.8 Å². The number of hydrogen-bond acceptors (Lipinski definition) is 9. The van der Waals surface area contributed by atoms with Crippen molar-refractivity contribution in [2.45, 2.75) is 40.2 Å². The number of amides is 1. The van der Waals surface area contributed by atoms with Gasteiger partial charge in [-0.1, -0.05) is 23.2 Å². The van der Waals surface area contributed by atoms with E-state index in [0.717, 1.165) is 22.3 Å². The van der Waals surface area contributed by atoms with Crippen molar-refractivity contribution in [1.82, 2.24) is 15.6 Å². The van der Waals surface area contributed by atoms with E-state index in [4.69, 9.17) is 52.2 Å². The summed E-state index contributed by atoms with van der Waals surface area (Å²) in [5, 5.41) is 11.7. The molecule has 13 heteroatoms. The van der Waals surface area contributed by atoms with Crippen LogP contribution in [0.15, 0.2) is 57.6 Å². The van der Waals surface area contributed by atoms with E-state index >= 15 is 0 Å². The highest BCUT2D eigenvalue weighted by atomic mass is 35.5. The van der Waals surface area contributed by atoms with Crippen LogP contribution in [0, 0.1) is 13.8 Å². The van der Waals surface area contributed by atoms with Crippen LogP contribution < -0.4 is 20.5 Å². The van der Waals surface area contributed by atoms with Crippen LogP contribution in [0.25, 0.3) is 22.6 Å². The zero-order valence-electron chi connectivity index (χ0n) is 24.0. The van der Waals surface area contributed by atoms with E-state index < -0.39 is 11.7 Å².